The van der Waals surface area contributed by atoms with Crippen molar-refractivity contribution in [2.45, 2.75) is 33.2 Å². The molecule has 1 aromatic carbocycles. The largest absolute Gasteiger partial charge is 0.493 e. The molecule has 0 radical (unpaired) electrons. The lowest BCUT2D eigenvalue weighted by Gasteiger charge is -2.12. The number of pyridine rings is 1. The Balaban J connectivity index is 2.50. The quantitative estimate of drug-likeness (QED) is 0.787. The molecule has 2 N–H and O–H groups in total. The number of aryl methyl sites for hydroxylation is 1. The van der Waals surface area contributed by atoms with E-state index in [1.807, 2.05) is 18.2 Å². The molecule has 7 heteroatoms. The monoisotopic (exact) mass is 340 g/mol. The van der Waals surface area contributed by atoms with Crippen LogP contribution in [0.3, 0.4) is 0 Å². The lowest BCUT2D eigenvalue weighted by atomic mass is 10.1. The molecule has 0 aliphatic heterocycles. The first-order valence-corrected chi connectivity index (χ1v) is 8.01. The molecule has 0 atom stereocenters. The molecule has 2 rings (SSSR count). The number of benzene rings is 1. The van der Waals surface area contributed by atoms with E-state index in [4.69, 9.17) is 5.11 Å². The van der Waals surface area contributed by atoms with Crippen molar-refractivity contribution in [3.63, 3.8) is 0 Å². The summed E-state index contributed by atoms with van der Waals surface area (Å²) in [5, 5.41) is 36.4. The van der Waals surface area contributed by atoms with E-state index < -0.39 is 11.4 Å². The Kier molecular flexibility index (Phi) is 6.03. The molecule has 1 heterocycles. The number of azo groups is 1. The maximum atomic E-state index is 12.6. The van der Waals surface area contributed by atoms with Crippen LogP contribution in [0.25, 0.3) is 0 Å². The highest BCUT2D eigenvalue weighted by Crippen LogP contribution is 2.27. The topological polar surface area (TPSA) is 111 Å². The number of aromatic hydroxyl groups is 1. The van der Waals surface area contributed by atoms with Gasteiger partial charge in [0.15, 0.2) is 5.69 Å². The summed E-state index contributed by atoms with van der Waals surface area (Å²) < 4.78 is 1.04. The summed E-state index contributed by atoms with van der Waals surface area (Å²) in [5.74, 6) is -0.412. The number of aromatic nitrogens is 1. The van der Waals surface area contributed by atoms with Crippen LogP contribution in [0.2, 0.25) is 0 Å². The lowest BCUT2D eigenvalue weighted by Crippen LogP contribution is -2.22. The number of nitriles is 1. The second kappa shape index (κ2) is 8.22. The lowest BCUT2D eigenvalue weighted by molar-refractivity contribution is 0.274. The fourth-order valence-corrected chi connectivity index (χ4v) is 2.40. The third-order valence-corrected chi connectivity index (χ3v) is 3.92. The van der Waals surface area contributed by atoms with Crippen LogP contribution in [-0.2, 0) is 13.0 Å². The van der Waals surface area contributed by atoms with Crippen LogP contribution >= 0.6 is 0 Å². The second-order valence-corrected chi connectivity index (χ2v) is 5.54. The van der Waals surface area contributed by atoms with E-state index in [0.717, 1.165) is 16.6 Å². The Morgan fingerprint density at radius 1 is 1.24 bits per heavy atom. The van der Waals surface area contributed by atoms with Crippen molar-refractivity contribution in [1.82, 2.24) is 4.57 Å². The Bertz CT molecular complexity index is 877. The average molecular weight is 340 g/mol. The summed E-state index contributed by atoms with van der Waals surface area (Å²) in [4.78, 5) is 12.6. The normalized spacial score (nSPS) is 11.0. The van der Waals surface area contributed by atoms with Gasteiger partial charge in [-0.25, -0.2) is 0 Å². The maximum Gasteiger partial charge on any atom is 0.281 e. The third-order valence-electron chi connectivity index (χ3n) is 3.92. The number of hydrogen-bond donors (Lipinski definition) is 2. The molecule has 0 amide bonds. The molecule has 0 aliphatic carbocycles. The van der Waals surface area contributed by atoms with Crippen LogP contribution in [0, 0.1) is 18.3 Å². The molecule has 7 nitrogen and oxygen atoms in total. The van der Waals surface area contributed by atoms with Gasteiger partial charge in [0.05, 0.1) is 5.69 Å². The zero-order valence-corrected chi connectivity index (χ0v) is 14.2. The van der Waals surface area contributed by atoms with E-state index >= 15 is 0 Å². The minimum Gasteiger partial charge on any atom is -0.493 e. The van der Waals surface area contributed by atoms with Gasteiger partial charge in [-0.15, -0.1) is 5.11 Å². The Morgan fingerprint density at radius 3 is 2.48 bits per heavy atom. The molecule has 0 spiro atoms. The molecule has 0 aliphatic rings. The van der Waals surface area contributed by atoms with Crippen LogP contribution in [0.5, 0.6) is 5.88 Å². The highest BCUT2D eigenvalue weighted by Gasteiger charge is 2.18. The predicted octanol–water partition coefficient (Wildman–Crippen LogP) is 3.09. The number of hydrogen-bond acceptors (Lipinski definition) is 6. The predicted molar refractivity (Wildman–Crippen MR) is 93.5 cm³/mol. The van der Waals surface area contributed by atoms with Crippen molar-refractivity contribution in [2.24, 2.45) is 10.2 Å². The van der Waals surface area contributed by atoms with Crippen molar-refractivity contribution in [1.29, 1.82) is 5.26 Å². The number of rotatable bonds is 6. The first-order chi connectivity index (χ1) is 12.0. The summed E-state index contributed by atoms with van der Waals surface area (Å²) in [5.41, 5.74) is 1.47. The first-order valence-electron chi connectivity index (χ1n) is 8.01. The Hall–Kier alpha value is -2.98. The SMILES string of the molecule is CCc1ccc(N=Nc2c(C)c(C#N)c(O)n(CCCO)c2=O)cc1. The summed E-state index contributed by atoms with van der Waals surface area (Å²) in [6.45, 7) is 3.55. The van der Waals surface area contributed by atoms with Crippen LogP contribution in [0.1, 0.15) is 30.0 Å². The molecule has 0 bridgehead atoms. The molecule has 130 valence electrons. The van der Waals surface area contributed by atoms with Crippen molar-refractivity contribution in [2.75, 3.05) is 6.61 Å². The molecule has 25 heavy (non-hydrogen) atoms. The second-order valence-electron chi connectivity index (χ2n) is 5.54. The zero-order valence-electron chi connectivity index (χ0n) is 14.2. The van der Waals surface area contributed by atoms with Gasteiger partial charge in [0.2, 0.25) is 5.88 Å². The minimum absolute atomic E-state index is 0.00635. The van der Waals surface area contributed by atoms with E-state index in [0.29, 0.717) is 5.69 Å². The molecule has 1 aromatic heterocycles. The number of nitrogens with zero attached hydrogens (tertiary/aromatic N) is 4. The summed E-state index contributed by atoms with van der Waals surface area (Å²) in [7, 11) is 0. The number of aliphatic hydroxyl groups is 1. The summed E-state index contributed by atoms with van der Waals surface area (Å²) >= 11 is 0. The Morgan fingerprint density at radius 2 is 1.92 bits per heavy atom. The molecular weight excluding hydrogens is 320 g/mol. The van der Waals surface area contributed by atoms with Crippen molar-refractivity contribution in [3.8, 4) is 11.9 Å². The van der Waals surface area contributed by atoms with Gasteiger partial charge >= 0.3 is 0 Å². The van der Waals surface area contributed by atoms with Crippen molar-refractivity contribution >= 4 is 11.4 Å². The molecule has 2 aromatic rings. The standard InChI is InChI=1S/C18H20N4O3/c1-3-13-5-7-14(8-6-13)20-21-16-12(2)15(11-19)17(24)22(18(16)25)9-4-10-23/h5-8,23-24H,3-4,9-10H2,1-2H3. The molecule has 0 saturated heterocycles. The molecule has 0 saturated carbocycles. The smallest absolute Gasteiger partial charge is 0.281 e. The van der Waals surface area contributed by atoms with Gasteiger partial charge < -0.3 is 10.2 Å². The van der Waals surface area contributed by atoms with Crippen molar-refractivity contribution < 1.29 is 10.2 Å². The molecule has 0 unspecified atom stereocenters. The van der Waals surface area contributed by atoms with Crippen molar-refractivity contribution in [3.05, 3.63) is 51.3 Å². The van der Waals surface area contributed by atoms with Crippen LogP contribution in [-0.4, -0.2) is 21.4 Å². The van der Waals surface area contributed by atoms with Gasteiger partial charge in [0.1, 0.15) is 11.6 Å². The molecular formula is C18H20N4O3. The molecule has 0 fully saturated rings. The van der Waals surface area contributed by atoms with E-state index in [2.05, 4.69) is 17.2 Å². The minimum atomic E-state index is -0.545. The van der Waals surface area contributed by atoms with Gasteiger partial charge in [0, 0.05) is 18.7 Å². The third kappa shape index (κ3) is 3.92. The van der Waals surface area contributed by atoms with Gasteiger partial charge in [-0.05, 0) is 37.5 Å². The van der Waals surface area contributed by atoms with Crippen LogP contribution in [0.15, 0.2) is 39.3 Å². The fraction of sp³-hybridized carbons (Fsp3) is 0.333. The van der Waals surface area contributed by atoms with E-state index in [1.165, 1.54) is 0 Å². The summed E-state index contributed by atoms with van der Waals surface area (Å²) in [6.07, 6.45) is 1.19. The van der Waals surface area contributed by atoms with Gasteiger partial charge in [-0.2, -0.15) is 10.4 Å². The van der Waals surface area contributed by atoms with Crippen LogP contribution < -0.4 is 5.56 Å². The summed E-state index contributed by atoms with van der Waals surface area (Å²) in [6, 6.07) is 9.34. The van der Waals surface area contributed by atoms with E-state index in [1.54, 1.807) is 19.1 Å². The van der Waals surface area contributed by atoms with E-state index in [9.17, 15) is 15.2 Å². The van der Waals surface area contributed by atoms with E-state index in [-0.39, 0.29) is 36.4 Å². The fourth-order valence-electron chi connectivity index (χ4n) is 2.40. The first kappa shape index (κ1) is 18.4. The average Bonchev–Trinajstić information content (AvgIpc) is 2.62. The zero-order chi connectivity index (χ0) is 18.4. The van der Waals surface area contributed by atoms with Crippen LogP contribution in [0.4, 0.5) is 11.4 Å². The highest BCUT2D eigenvalue weighted by molar-refractivity contribution is 5.56. The maximum absolute atomic E-state index is 12.6. The van der Waals surface area contributed by atoms with Gasteiger partial charge in [0.25, 0.3) is 5.56 Å². The highest BCUT2D eigenvalue weighted by atomic mass is 16.3. The van der Waals surface area contributed by atoms with Gasteiger partial charge in [-0.1, -0.05) is 19.1 Å². The number of aliphatic hydroxyl groups excluding tert-OH is 1. The Labute approximate surface area is 145 Å². The van der Waals surface area contributed by atoms with Gasteiger partial charge in [-0.3, -0.25) is 9.36 Å².